The molecule has 0 unspecified atom stereocenters. The summed E-state index contributed by atoms with van der Waals surface area (Å²) in [6.45, 7) is 7.40. The summed E-state index contributed by atoms with van der Waals surface area (Å²) < 4.78 is 10.1. The number of esters is 1. The summed E-state index contributed by atoms with van der Waals surface area (Å²) >= 11 is 5.87. The van der Waals surface area contributed by atoms with E-state index in [-0.39, 0.29) is 17.5 Å². The molecule has 0 aliphatic heterocycles. The summed E-state index contributed by atoms with van der Waals surface area (Å²) in [5.41, 5.74) is 0.552. The number of nitrogens with one attached hydrogen (secondary N) is 1. The van der Waals surface area contributed by atoms with Gasteiger partial charge in [0.05, 0.1) is 18.5 Å². The highest BCUT2D eigenvalue weighted by Gasteiger charge is 2.18. The largest absolute Gasteiger partial charge is 0.466 e. The number of nitrogens with zero attached hydrogens (tertiary/aromatic N) is 1. The molecular formula is C15H21ClN2O4. The lowest BCUT2D eigenvalue weighted by Gasteiger charge is -2.20. The van der Waals surface area contributed by atoms with Crippen LogP contribution in [0.5, 0.6) is 0 Å². The van der Waals surface area contributed by atoms with Gasteiger partial charge in [-0.1, -0.05) is 11.6 Å². The smallest absolute Gasteiger partial charge is 0.412 e. The summed E-state index contributed by atoms with van der Waals surface area (Å²) in [4.78, 5) is 27.2. The summed E-state index contributed by atoms with van der Waals surface area (Å²) in [7, 11) is 0. The average Bonchev–Trinajstić information content (AvgIpc) is 2.37. The fourth-order valence-corrected chi connectivity index (χ4v) is 1.85. The molecule has 0 saturated carbocycles. The van der Waals surface area contributed by atoms with Crippen molar-refractivity contribution >= 4 is 29.4 Å². The van der Waals surface area contributed by atoms with Crippen molar-refractivity contribution in [3.8, 4) is 0 Å². The number of hydrogen-bond donors (Lipinski definition) is 1. The van der Waals surface area contributed by atoms with Crippen LogP contribution >= 0.6 is 11.6 Å². The Morgan fingerprint density at radius 2 is 2.05 bits per heavy atom. The number of halogens is 1. The van der Waals surface area contributed by atoms with E-state index in [1.54, 1.807) is 33.8 Å². The standard InChI is InChI=1S/C15H21ClN2O4/c1-5-21-13(19)7-6-10-8-12(16)17-9-11(10)18-14(20)22-15(2,3)4/h8-9H,5-7H2,1-4H3,(H,18,20). The predicted molar refractivity (Wildman–Crippen MR) is 84.1 cm³/mol. The molecule has 0 aromatic carbocycles. The molecule has 22 heavy (non-hydrogen) atoms. The molecule has 0 bridgehead atoms. The zero-order valence-corrected chi connectivity index (χ0v) is 14.0. The molecule has 1 rings (SSSR count). The molecule has 6 nitrogen and oxygen atoms in total. The van der Waals surface area contributed by atoms with Crippen molar-refractivity contribution in [2.45, 2.75) is 46.1 Å². The van der Waals surface area contributed by atoms with Crippen molar-refractivity contribution in [2.24, 2.45) is 0 Å². The maximum atomic E-state index is 11.8. The van der Waals surface area contributed by atoms with Gasteiger partial charge in [-0.2, -0.15) is 0 Å². The van der Waals surface area contributed by atoms with Gasteiger partial charge in [-0.05, 0) is 45.7 Å². The lowest BCUT2D eigenvalue weighted by Crippen LogP contribution is -2.27. The lowest BCUT2D eigenvalue weighted by atomic mass is 10.1. The van der Waals surface area contributed by atoms with E-state index in [9.17, 15) is 9.59 Å². The van der Waals surface area contributed by atoms with E-state index in [0.717, 1.165) is 0 Å². The van der Waals surface area contributed by atoms with E-state index in [2.05, 4.69) is 10.3 Å². The van der Waals surface area contributed by atoms with Crippen LogP contribution in [0.1, 0.15) is 39.7 Å². The molecule has 1 aromatic rings. The molecule has 0 fully saturated rings. The number of anilines is 1. The van der Waals surface area contributed by atoms with Crippen molar-refractivity contribution in [3.05, 3.63) is 23.0 Å². The van der Waals surface area contributed by atoms with Crippen LogP contribution in [0.15, 0.2) is 12.3 Å². The maximum absolute atomic E-state index is 11.8. The molecule has 1 aromatic heterocycles. The van der Waals surface area contributed by atoms with Gasteiger partial charge in [0.1, 0.15) is 10.8 Å². The molecule has 1 N–H and O–H groups in total. The highest BCUT2D eigenvalue weighted by molar-refractivity contribution is 6.29. The van der Waals surface area contributed by atoms with E-state index >= 15 is 0 Å². The number of aromatic nitrogens is 1. The van der Waals surface area contributed by atoms with Gasteiger partial charge in [-0.25, -0.2) is 9.78 Å². The number of rotatable bonds is 5. The monoisotopic (exact) mass is 328 g/mol. The van der Waals surface area contributed by atoms with Crippen molar-refractivity contribution in [2.75, 3.05) is 11.9 Å². The second-order valence-corrected chi connectivity index (χ2v) is 5.98. The topological polar surface area (TPSA) is 77.5 Å². The SMILES string of the molecule is CCOC(=O)CCc1cc(Cl)ncc1NC(=O)OC(C)(C)C. The second-order valence-electron chi connectivity index (χ2n) is 5.60. The van der Waals surface area contributed by atoms with Gasteiger partial charge < -0.3 is 9.47 Å². The number of amides is 1. The first-order chi connectivity index (χ1) is 10.2. The normalized spacial score (nSPS) is 11.0. The number of aryl methyl sites for hydroxylation is 1. The highest BCUT2D eigenvalue weighted by atomic mass is 35.5. The first kappa shape index (κ1) is 18.2. The Kier molecular flexibility index (Phi) is 6.61. The van der Waals surface area contributed by atoms with Crippen LogP contribution in [0.4, 0.5) is 10.5 Å². The van der Waals surface area contributed by atoms with Crippen LogP contribution < -0.4 is 5.32 Å². The van der Waals surface area contributed by atoms with E-state index in [1.807, 2.05) is 0 Å². The van der Waals surface area contributed by atoms with Crippen molar-refractivity contribution < 1.29 is 19.1 Å². The van der Waals surface area contributed by atoms with Gasteiger partial charge >= 0.3 is 12.1 Å². The minimum atomic E-state index is -0.602. The van der Waals surface area contributed by atoms with Crippen molar-refractivity contribution in [1.82, 2.24) is 4.98 Å². The Morgan fingerprint density at radius 1 is 1.36 bits per heavy atom. The molecule has 0 aliphatic carbocycles. The Balaban J connectivity index is 2.78. The number of pyridine rings is 1. The molecule has 0 radical (unpaired) electrons. The fraction of sp³-hybridized carbons (Fsp3) is 0.533. The van der Waals surface area contributed by atoms with Gasteiger partial charge in [0.15, 0.2) is 0 Å². The van der Waals surface area contributed by atoms with Gasteiger partial charge in [-0.3, -0.25) is 10.1 Å². The van der Waals surface area contributed by atoms with E-state index in [0.29, 0.717) is 24.3 Å². The quantitative estimate of drug-likeness (QED) is 0.660. The van der Waals surface area contributed by atoms with Crippen LogP contribution in [0.2, 0.25) is 5.15 Å². The lowest BCUT2D eigenvalue weighted by molar-refractivity contribution is -0.143. The third-order valence-electron chi connectivity index (χ3n) is 2.50. The van der Waals surface area contributed by atoms with Gasteiger partial charge in [-0.15, -0.1) is 0 Å². The third-order valence-corrected chi connectivity index (χ3v) is 2.70. The van der Waals surface area contributed by atoms with Gasteiger partial charge in [0.2, 0.25) is 0 Å². The molecule has 0 spiro atoms. The Hall–Kier alpha value is -1.82. The molecule has 0 saturated heterocycles. The molecule has 7 heteroatoms. The van der Waals surface area contributed by atoms with Crippen LogP contribution in [0.25, 0.3) is 0 Å². The van der Waals surface area contributed by atoms with Crippen LogP contribution in [-0.4, -0.2) is 29.3 Å². The minimum Gasteiger partial charge on any atom is -0.466 e. The summed E-state index contributed by atoms with van der Waals surface area (Å²) in [5, 5.41) is 2.90. The van der Waals surface area contributed by atoms with E-state index in [1.165, 1.54) is 6.20 Å². The van der Waals surface area contributed by atoms with E-state index < -0.39 is 11.7 Å². The summed E-state index contributed by atoms with van der Waals surface area (Å²) in [5.74, 6) is -0.307. The Labute approximate surface area is 135 Å². The molecule has 0 atom stereocenters. The number of carbonyl (C=O) groups excluding carboxylic acids is 2. The third kappa shape index (κ3) is 6.76. The first-order valence-corrected chi connectivity index (χ1v) is 7.39. The molecule has 1 heterocycles. The number of ether oxygens (including phenoxy) is 2. The number of carbonyl (C=O) groups is 2. The molecular weight excluding hydrogens is 308 g/mol. The zero-order chi connectivity index (χ0) is 16.8. The zero-order valence-electron chi connectivity index (χ0n) is 13.2. The fourth-order valence-electron chi connectivity index (χ4n) is 1.67. The average molecular weight is 329 g/mol. The van der Waals surface area contributed by atoms with Gasteiger partial charge in [0.25, 0.3) is 0 Å². The molecule has 0 aliphatic rings. The predicted octanol–water partition coefficient (Wildman–Crippen LogP) is 3.58. The maximum Gasteiger partial charge on any atom is 0.412 e. The van der Waals surface area contributed by atoms with Crippen LogP contribution in [0, 0.1) is 0 Å². The Morgan fingerprint density at radius 3 is 2.64 bits per heavy atom. The molecule has 122 valence electrons. The highest BCUT2D eigenvalue weighted by Crippen LogP contribution is 2.21. The van der Waals surface area contributed by atoms with Crippen molar-refractivity contribution in [3.63, 3.8) is 0 Å². The minimum absolute atomic E-state index is 0.192. The first-order valence-electron chi connectivity index (χ1n) is 7.01. The summed E-state index contributed by atoms with van der Waals surface area (Å²) in [6.07, 6.45) is 1.42. The Bertz CT molecular complexity index is 541. The second kappa shape index (κ2) is 7.98. The summed E-state index contributed by atoms with van der Waals surface area (Å²) in [6, 6.07) is 1.60. The number of hydrogen-bond acceptors (Lipinski definition) is 5. The molecule has 1 amide bonds. The van der Waals surface area contributed by atoms with Gasteiger partial charge in [0, 0.05) is 6.42 Å². The van der Waals surface area contributed by atoms with Crippen LogP contribution in [0.3, 0.4) is 0 Å². The van der Waals surface area contributed by atoms with E-state index in [4.69, 9.17) is 21.1 Å². The van der Waals surface area contributed by atoms with Crippen LogP contribution in [-0.2, 0) is 20.7 Å². The van der Waals surface area contributed by atoms with Crippen molar-refractivity contribution in [1.29, 1.82) is 0 Å².